The summed E-state index contributed by atoms with van der Waals surface area (Å²) in [5, 5.41) is 0. The van der Waals surface area contributed by atoms with Gasteiger partial charge in [0.2, 0.25) is 0 Å². The van der Waals surface area contributed by atoms with E-state index in [1.54, 1.807) is 12.1 Å². The van der Waals surface area contributed by atoms with Gasteiger partial charge >= 0.3 is 0 Å². The molecule has 28 heavy (non-hydrogen) atoms. The molecule has 0 saturated carbocycles. The van der Waals surface area contributed by atoms with Gasteiger partial charge in [-0.05, 0) is 67.4 Å². The van der Waals surface area contributed by atoms with Crippen molar-refractivity contribution in [3.63, 3.8) is 0 Å². The molecule has 0 atom stereocenters. The summed E-state index contributed by atoms with van der Waals surface area (Å²) in [6.45, 7) is 4.10. The van der Waals surface area contributed by atoms with Crippen LogP contribution >= 0.6 is 27.7 Å². The Morgan fingerprint density at radius 1 is 0.964 bits per heavy atom. The van der Waals surface area contributed by atoms with Crippen LogP contribution in [0.1, 0.15) is 32.6 Å². The molecule has 0 amide bonds. The van der Waals surface area contributed by atoms with Gasteiger partial charge in [-0.2, -0.15) is 0 Å². The largest absolute Gasteiger partial charge is 0.288 e. The van der Waals surface area contributed by atoms with Crippen LogP contribution in [0, 0.1) is 19.7 Å². The van der Waals surface area contributed by atoms with E-state index in [0.29, 0.717) is 16.2 Å². The summed E-state index contributed by atoms with van der Waals surface area (Å²) < 4.78 is 14.1. The lowest BCUT2D eigenvalue weighted by Crippen LogP contribution is -2.01. The first-order valence-corrected chi connectivity index (χ1v) is 10.7. The standard InChI is InChI=1S/C24H20BrFOS/c1-16-11-17(2)13-19(12-16)14-23(24(27)20-5-7-21(25)8-6-20)28-15-18-3-9-22(26)10-4-18/h3-14H,15H2,1-2H3/b23-14+. The molecule has 3 aromatic rings. The van der Waals surface area contributed by atoms with Crippen molar-refractivity contribution in [3.8, 4) is 0 Å². The van der Waals surface area contributed by atoms with Gasteiger partial charge in [-0.15, -0.1) is 11.8 Å². The first kappa shape index (κ1) is 20.6. The summed E-state index contributed by atoms with van der Waals surface area (Å²) in [5.74, 6) is 0.323. The van der Waals surface area contributed by atoms with Crippen LogP contribution < -0.4 is 0 Å². The summed E-state index contributed by atoms with van der Waals surface area (Å²) in [6.07, 6.45) is 1.94. The van der Waals surface area contributed by atoms with E-state index in [1.807, 2.05) is 44.2 Å². The first-order valence-electron chi connectivity index (χ1n) is 8.88. The zero-order valence-electron chi connectivity index (χ0n) is 15.7. The van der Waals surface area contributed by atoms with Crippen LogP contribution in [0.2, 0.25) is 0 Å². The van der Waals surface area contributed by atoms with E-state index in [1.165, 1.54) is 23.9 Å². The minimum Gasteiger partial charge on any atom is -0.288 e. The van der Waals surface area contributed by atoms with Crippen LogP contribution in [0.4, 0.5) is 4.39 Å². The zero-order chi connectivity index (χ0) is 20.1. The molecule has 0 fully saturated rings. The number of Topliss-reactive ketones (excluding diaryl/α,β-unsaturated/α-hetero) is 1. The predicted molar refractivity (Wildman–Crippen MR) is 120 cm³/mol. The molecule has 0 aliphatic rings. The molecule has 0 unspecified atom stereocenters. The Labute approximate surface area is 177 Å². The number of hydrogen-bond donors (Lipinski definition) is 0. The number of carbonyl (C=O) groups excluding carboxylic acids is 1. The molecule has 0 aliphatic carbocycles. The average molecular weight is 455 g/mol. The Bertz CT molecular complexity index is 988. The number of thioether (sulfide) groups is 1. The van der Waals surface area contributed by atoms with Crippen molar-refractivity contribution < 1.29 is 9.18 Å². The van der Waals surface area contributed by atoms with Crippen LogP contribution in [0.15, 0.2) is 76.1 Å². The van der Waals surface area contributed by atoms with E-state index in [9.17, 15) is 9.18 Å². The summed E-state index contributed by atoms with van der Waals surface area (Å²) in [7, 11) is 0. The number of halogens is 2. The smallest absolute Gasteiger partial charge is 0.199 e. The SMILES string of the molecule is Cc1cc(C)cc(/C=C(/SCc2ccc(F)cc2)C(=O)c2ccc(Br)cc2)c1. The zero-order valence-corrected chi connectivity index (χ0v) is 18.1. The summed E-state index contributed by atoms with van der Waals surface area (Å²) in [5.41, 5.74) is 4.94. The van der Waals surface area contributed by atoms with Gasteiger partial charge in [0, 0.05) is 15.8 Å². The van der Waals surface area contributed by atoms with Gasteiger partial charge in [-0.25, -0.2) is 4.39 Å². The molecule has 1 nitrogen and oxygen atoms in total. The molecule has 0 aliphatic heterocycles. The quantitative estimate of drug-likeness (QED) is 0.285. The lowest BCUT2D eigenvalue weighted by molar-refractivity contribution is 0.104. The maximum Gasteiger partial charge on any atom is 0.199 e. The second-order valence-electron chi connectivity index (χ2n) is 6.68. The fourth-order valence-electron chi connectivity index (χ4n) is 2.90. The number of allylic oxidation sites excluding steroid dienone is 1. The Morgan fingerprint density at radius 2 is 1.57 bits per heavy atom. The molecule has 3 aromatic carbocycles. The fourth-order valence-corrected chi connectivity index (χ4v) is 4.15. The van der Waals surface area contributed by atoms with Crippen molar-refractivity contribution in [3.05, 3.63) is 110 Å². The summed E-state index contributed by atoms with van der Waals surface area (Å²) in [6, 6.07) is 20.0. The van der Waals surface area contributed by atoms with Crippen molar-refractivity contribution in [2.24, 2.45) is 0 Å². The van der Waals surface area contributed by atoms with E-state index in [0.717, 1.165) is 26.7 Å². The molecular formula is C24H20BrFOS. The molecule has 0 N–H and O–H groups in total. The first-order chi connectivity index (χ1) is 13.4. The number of benzene rings is 3. The maximum absolute atomic E-state index is 13.2. The Hall–Kier alpha value is -2.17. The monoisotopic (exact) mass is 454 g/mol. The topological polar surface area (TPSA) is 17.1 Å². The molecule has 0 radical (unpaired) electrons. The molecule has 4 heteroatoms. The molecule has 3 rings (SSSR count). The van der Waals surface area contributed by atoms with Gasteiger partial charge in [0.05, 0.1) is 4.91 Å². The maximum atomic E-state index is 13.2. The van der Waals surface area contributed by atoms with Crippen LogP contribution in [0.3, 0.4) is 0 Å². The highest BCUT2D eigenvalue weighted by molar-refractivity contribution is 9.10. The lowest BCUT2D eigenvalue weighted by Gasteiger charge is -2.09. The highest BCUT2D eigenvalue weighted by atomic mass is 79.9. The minimum atomic E-state index is -0.259. The van der Waals surface area contributed by atoms with Gasteiger partial charge in [-0.3, -0.25) is 4.79 Å². The molecule has 0 aromatic heterocycles. The highest BCUT2D eigenvalue weighted by Crippen LogP contribution is 2.28. The number of rotatable bonds is 6. The number of ketones is 1. The summed E-state index contributed by atoms with van der Waals surface area (Å²) >= 11 is 4.88. The second kappa shape index (κ2) is 9.35. The van der Waals surface area contributed by atoms with Crippen molar-refractivity contribution in [1.82, 2.24) is 0 Å². The predicted octanol–water partition coefficient (Wildman–Crippen LogP) is 7.36. The van der Waals surface area contributed by atoms with Crippen molar-refractivity contribution in [2.45, 2.75) is 19.6 Å². The average Bonchev–Trinajstić information content (AvgIpc) is 2.65. The Kier molecular flexibility index (Phi) is 6.87. The van der Waals surface area contributed by atoms with E-state index < -0.39 is 0 Å². The van der Waals surface area contributed by atoms with Gasteiger partial charge in [-0.1, -0.05) is 57.4 Å². The Morgan fingerprint density at radius 3 is 2.18 bits per heavy atom. The molecular weight excluding hydrogens is 435 g/mol. The normalized spacial score (nSPS) is 11.5. The lowest BCUT2D eigenvalue weighted by atomic mass is 10.1. The van der Waals surface area contributed by atoms with E-state index >= 15 is 0 Å². The Balaban J connectivity index is 1.92. The van der Waals surface area contributed by atoms with E-state index in [-0.39, 0.29) is 11.6 Å². The molecule has 0 bridgehead atoms. The van der Waals surface area contributed by atoms with Crippen LogP contribution in [0.25, 0.3) is 6.08 Å². The number of hydrogen-bond acceptors (Lipinski definition) is 2. The van der Waals surface area contributed by atoms with Gasteiger partial charge in [0.15, 0.2) is 5.78 Å². The fraction of sp³-hybridized carbons (Fsp3) is 0.125. The minimum absolute atomic E-state index is 0.0150. The molecule has 0 saturated heterocycles. The highest BCUT2D eigenvalue weighted by Gasteiger charge is 2.14. The van der Waals surface area contributed by atoms with Crippen molar-refractivity contribution in [2.75, 3.05) is 0 Å². The van der Waals surface area contributed by atoms with Crippen molar-refractivity contribution in [1.29, 1.82) is 0 Å². The third-order valence-electron chi connectivity index (χ3n) is 4.18. The van der Waals surface area contributed by atoms with E-state index in [4.69, 9.17) is 0 Å². The van der Waals surface area contributed by atoms with E-state index in [2.05, 4.69) is 34.1 Å². The van der Waals surface area contributed by atoms with Gasteiger partial charge in [0.25, 0.3) is 0 Å². The number of aryl methyl sites for hydroxylation is 2. The molecule has 0 spiro atoms. The third kappa shape index (κ3) is 5.66. The van der Waals surface area contributed by atoms with Crippen LogP contribution in [0.5, 0.6) is 0 Å². The second-order valence-corrected chi connectivity index (χ2v) is 8.61. The third-order valence-corrected chi connectivity index (χ3v) is 5.80. The van der Waals surface area contributed by atoms with Gasteiger partial charge in [0.1, 0.15) is 5.82 Å². The summed E-state index contributed by atoms with van der Waals surface area (Å²) in [4.78, 5) is 13.8. The number of carbonyl (C=O) groups is 1. The molecule has 142 valence electrons. The van der Waals surface area contributed by atoms with Gasteiger partial charge < -0.3 is 0 Å². The van der Waals surface area contributed by atoms with Crippen LogP contribution in [-0.2, 0) is 5.75 Å². The van der Waals surface area contributed by atoms with Crippen LogP contribution in [-0.4, -0.2) is 5.78 Å². The van der Waals surface area contributed by atoms with Crippen molar-refractivity contribution >= 4 is 39.6 Å². The molecule has 0 heterocycles.